The first-order chi connectivity index (χ1) is 11.2. The fourth-order valence-corrected chi connectivity index (χ4v) is 4.08. The summed E-state index contributed by atoms with van der Waals surface area (Å²) in [5.74, 6) is 0.115. The number of aliphatic hydroxyl groups excluding tert-OH is 1. The van der Waals surface area contributed by atoms with Crippen molar-refractivity contribution in [3.63, 3.8) is 0 Å². The van der Waals surface area contributed by atoms with Crippen LogP contribution in [0.2, 0.25) is 0 Å². The first kappa shape index (κ1) is 18.2. The predicted molar refractivity (Wildman–Crippen MR) is 90.6 cm³/mol. The van der Waals surface area contributed by atoms with E-state index in [9.17, 15) is 9.59 Å². The largest absolute Gasteiger partial charge is 0.396 e. The summed E-state index contributed by atoms with van der Waals surface area (Å²) in [5.41, 5.74) is 0. The number of nitrogens with zero attached hydrogens (tertiary/aromatic N) is 1. The average molecular weight is 321 g/mol. The lowest BCUT2D eigenvalue weighted by Crippen LogP contribution is -2.33. The van der Waals surface area contributed by atoms with Gasteiger partial charge < -0.3 is 5.11 Å². The zero-order valence-electron chi connectivity index (χ0n) is 14.2. The zero-order valence-corrected chi connectivity index (χ0v) is 14.2. The number of likely N-dealkylation sites (tertiary alicyclic amines) is 1. The van der Waals surface area contributed by atoms with Gasteiger partial charge in [0.15, 0.2) is 0 Å². The summed E-state index contributed by atoms with van der Waals surface area (Å²) in [5, 5.41) is 8.71. The standard InChI is InChI=1S/C19H31NO3/c1-2-15-11-12-16-17(15)19(23)20(18(16)22)13-9-7-5-3-4-6-8-10-14-21/h2,15-17,21H,1,3-14H2. The number of imide groups is 1. The van der Waals surface area contributed by atoms with E-state index >= 15 is 0 Å². The van der Waals surface area contributed by atoms with Crippen molar-refractivity contribution < 1.29 is 14.7 Å². The quantitative estimate of drug-likeness (QED) is 0.361. The highest BCUT2D eigenvalue weighted by molar-refractivity contribution is 6.05. The molecule has 1 aliphatic carbocycles. The molecule has 0 bridgehead atoms. The Hall–Kier alpha value is -1.16. The third-order valence-electron chi connectivity index (χ3n) is 5.43. The van der Waals surface area contributed by atoms with Gasteiger partial charge in [-0.2, -0.15) is 0 Å². The third-order valence-corrected chi connectivity index (χ3v) is 5.43. The number of hydrogen-bond acceptors (Lipinski definition) is 3. The molecule has 4 nitrogen and oxygen atoms in total. The number of fused-ring (bicyclic) bond motifs is 1. The summed E-state index contributed by atoms with van der Waals surface area (Å²) in [6.45, 7) is 4.71. The Kier molecular flexibility index (Phi) is 7.28. The van der Waals surface area contributed by atoms with Crippen molar-refractivity contribution >= 4 is 11.8 Å². The van der Waals surface area contributed by atoms with E-state index in [0.717, 1.165) is 44.9 Å². The first-order valence-corrected chi connectivity index (χ1v) is 9.29. The summed E-state index contributed by atoms with van der Waals surface area (Å²) >= 11 is 0. The molecule has 1 aliphatic heterocycles. The van der Waals surface area contributed by atoms with Crippen LogP contribution in [0.3, 0.4) is 0 Å². The molecule has 1 N–H and O–H groups in total. The second kappa shape index (κ2) is 9.21. The van der Waals surface area contributed by atoms with Crippen LogP contribution >= 0.6 is 0 Å². The van der Waals surface area contributed by atoms with Gasteiger partial charge in [0.25, 0.3) is 0 Å². The van der Waals surface area contributed by atoms with Crippen LogP contribution in [-0.4, -0.2) is 35.0 Å². The molecule has 1 heterocycles. The molecule has 1 saturated carbocycles. The molecule has 0 spiro atoms. The summed E-state index contributed by atoms with van der Waals surface area (Å²) in [4.78, 5) is 26.4. The summed E-state index contributed by atoms with van der Waals surface area (Å²) < 4.78 is 0. The van der Waals surface area contributed by atoms with Crippen molar-refractivity contribution in [2.45, 2.75) is 64.2 Å². The number of aliphatic hydroxyl groups is 1. The van der Waals surface area contributed by atoms with Crippen LogP contribution in [0.15, 0.2) is 12.7 Å². The van der Waals surface area contributed by atoms with Crippen LogP contribution < -0.4 is 0 Å². The van der Waals surface area contributed by atoms with Crippen molar-refractivity contribution in [2.75, 3.05) is 13.2 Å². The smallest absolute Gasteiger partial charge is 0.233 e. The Bertz CT molecular complexity index is 421. The molecule has 2 rings (SSSR count). The van der Waals surface area contributed by atoms with Crippen molar-refractivity contribution in [1.82, 2.24) is 4.90 Å². The van der Waals surface area contributed by atoms with Crippen LogP contribution in [-0.2, 0) is 9.59 Å². The van der Waals surface area contributed by atoms with E-state index in [1.54, 1.807) is 0 Å². The molecular formula is C19H31NO3. The van der Waals surface area contributed by atoms with Gasteiger partial charge in [-0.25, -0.2) is 0 Å². The van der Waals surface area contributed by atoms with Gasteiger partial charge in [-0.1, -0.05) is 44.6 Å². The normalized spacial score (nSPS) is 26.8. The Balaban J connectivity index is 1.62. The van der Waals surface area contributed by atoms with E-state index in [-0.39, 0.29) is 29.6 Å². The molecule has 0 aromatic rings. The molecule has 2 fully saturated rings. The highest BCUT2D eigenvalue weighted by Crippen LogP contribution is 2.44. The minimum atomic E-state index is -0.119. The van der Waals surface area contributed by atoms with Gasteiger partial charge in [0.05, 0.1) is 11.8 Å². The molecule has 2 aliphatic rings. The highest BCUT2D eigenvalue weighted by Gasteiger charge is 2.52. The van der Waals surface area contributed by atoms with Gasteiger partial charge in [0, 0.05) is 13.2 Å². The van der Waals surface area contributed by atoms with Crippen LogP contribution in [0.5, 0.6) is 0 Å². The summed E-state index contributed by atoms with van der Waals surface area (Å²) in [6.07, 6.45) is 12.4. The molecule has 3 unspecified atom stereocenters. The average Bonchev–Trinajstić information content (AvgIpc) is 3.08. The van der Waals surface area contributed by atoms with E-state index in [1.165, 1.54) is 24.2 Å². The van der Waals surface area contributed by atoms with Gasteiger partial charge >= 0.3 is 0 Å². The van der Waals surface area contributed by atoms with Gasteiger partial charge in [0.2, 0.25) is 11.8 Å². The number of allylic oxidation sites excluding steroid dienone is 1. The fraction of sp³-hybridized carbons (Fsp3) is 0.789. The summed E-state index contributed by atoms with van der Waals surface area (Å²) in [6, 6.07) is 0. The lowest BCUT2D eigenvalue weighted by molar-refractivity contribution is -0.140. The van der Waals surface area contributed by atoms with Crippen LogP contribution in [0.4, 0.5) is 0 Å². The first-order valence-electron chi connectivity index (χ1n) is 9.29. The van der Waals surface area contributed by atoms with Crippen LogP contribution in [0.25, 0.3) is 0 Å². The molecular weight excluding hydrogens is 290 g/mol. The number of unbranched alkanes of at least 4 members (excludes halogenated alkanes) is 7. The molecule has 0 aromatic heterocycles. The molecule has 23 heavy (non-hydrogen) atoms. The number of hydrogen-bond donors (Lipinski definition) is 1. The van der Waals surface area contributed by atoms with Gasteiger partial charge in [0.1, 0.15) is 0 Å². The molecule has 2 amide bonds. The lowest BCUT2D eigenvalue weighted by atomic mass is 9.92. The van der Waals surface area contributed by atoms with E-state index in [0.29, 0.717) is 13.2 Å². The van der Waals surface area contributed by atoms with Crippen molar-refractivity contribution in [2.24, 2.45) is 17.8 Å². The van der Waals surface area contributed by atoms with Crippen molar-refractivity contribution in [1.29, 1.82) is 0 Å². The topological polar surface area (TPSA) is 57.6 Å². The maximum atomic E-state index is 12.5. The number of carbonyl (C=O) groups is 2. The lowest BCUT2D eigenvalue weighted by Gasteiger charge is -2.17. The Morgan fingerprint density at radius 3 is 2.17 bits per heavy atom. The van der Waals surface area contributed by atoms with E-state index < -0.39 is 0 Å². The highest BCUT2D eigenvalue weighted by atomic mass is 16.3. The SMILES string of the molecule is C=CC1CCC2C(=O)N(CCCCCCCCCCO)C(=O)C12. The second-order valence-electron chi connectivity index (χ2n) is 6.99. The van der Waals surface area contributed by atoms with Gasteiger partial charge in [-0.05, 0) is 31.6 Å². The van der Waals surface area contributed by atoms with Crippen LogP contribution in [0.1, 0.15) is 64.2 Å². The van der Waals surface area contributed by atoms with Crippen molar-refractivity contribution in [3.05, 3.63) is 12.7 Å². The Morgan fingerprint density at radius 2 is 1.57 bits per heavy atom. The predicted octanol–water partition coefficient (Wildman–Crippen LogP) is 3.30. The van der Waals surface area contributed by atoms with E-state index in [4.69, 9.17) is 5.11 Å². The zero-order chi connectivity index (χ0) is 16.7. The molecule has 0 aromatic carbocycles. The molecule has 4 heteroatoms. The Labute approximate surface area is 139 Å². The third kappa shape index (κ3) is 4.43. The van der Waals surface area contributed by atoms with E-state index in [2.05, 4.69) is 6.58 Å². The maximum absolute atomic E-state index is 12.5. The minimum Gasteiger partial charge on any atom is -0.396 e. The van der Waals surface area contributed by atoms with E-state index in [1.807, 2.05) is 6.08 Å². The van der Waals surface area contributed by atoms with Crippen molar-refractivity contribution in [3.8, 4) is 0 Å². The monoisotopic (exact) mass is 321 g/mol. The maximum Gasteiger partial charge on any atom is 0.233 e. The van der Waals surface area contributed by atoms with Gasteiger partial charge in [-0.3, -0.25) is 14.5 Å². The number of rotatable bonds is 11. The molecule has 130 valence electrons. The fourth-order valence-electron chi connectivity index (χ4n) is 4.08. The minimum absolute atomic E-state index is 0.0476. The second-order valence-corrected chi connectivity index (χ2v) is 6.99. The molecule has 3 atom stereocenters. The van der Waals surface area contributed by atoms with Crippen LogP contribution in [0, 0.1) is 17.8 Å². The molecule has 1 saturated heterocycles. The summed E-state index contributed by atoms with van der Waals surface area (Å²) in [7, 11) is 0. The number of carbonyl (C=O) groups excluding carboxylic acids is 2. The Morgan fingerprint density at radius 1 is 0.957 bits per heavy atom. The number of amides is 2. The van der Waals surface area contributed by atoms with Gasteiger partial charge in [-0.15, -0.1) is 6.58 Å². The molecule has 0 radical (unpaired) electrons.